The van der Waals surface area contributed by atoms with Gasteiger partial charge in [-0.25, -0.2) is 19.2 Å². The van der Waals surface area contributed by atoms with Gasteiger partial charge < -0.3 is 18.9 Å². The molecule has 3 aromatic carbocycles. The SMILES string of the molecule is C=C(C)C(=O)OC#Cc1ccc(C#Cc2cc(OC(=O)C(=C)C)c(C#Cc3ccc(C#COC(=O)C(=C)C)cc3)cc2C#COC(=O)C(=C)C)cc1. The molecule has 0 heterocycles. The zero-order chi connectivity index (χ0) is 38.2. The van der Waals surface area contributed by atoms with Crippen LogP contribution < -0.4 is 4.74 Å². The number of hydrogen-bond donors (Lipinski definition) is 0. The zero-order valence-corrected chi connectivity index (χ0v) is 28.9. The van der Waals surface area contributed by atoms with E-state index < -0.39 is 23.9 Å². The number of carbonyl (C=O) groups excluding carboxylic acids is 4. The van der Waals surface area contributed by atoms with Crippen LogP contribution in [0.25, 0.3) is 0 Å². The van der Waals surface area contributed by atoms with E-state index in [0.29, 0.717) is 33.4 Å². The Morgan fingerprint density at radius 1 is 0.423 bits per heavy atom. The van der Waals surface area contributed by atoms with Crippen LogP contribution in [0.2, 0.25) is 0 Å². The first kappa shape index (κ1) is 38.7. The first-order chi connectivity index (χ1) is 24.7. The molecule has 0 N–H and O–H groups in total. The van der Waals surface area contributed by atoms with E-state index in [9.17, 15) is 19.2 Å². The second kappa shape index (κ2) is 18.7. The summed E-state index contributed by atoms with van der Waals surface area (Å²) in [4.78, 5) is 47.7. The summed E-state index contributed by atoms with van der Waals surface area (Å²) in [6.45, 7) is 20.2. The first-order valence-corrected chi connectivity index (χ1v) is 15.2. The second-order valence-electron chi connectivity index (χ2n) is 10.9. The second-order valence-corrected chi connectivity index (χ2v) is 10.9. The highest BCUT2D eigenvalue weighted by Gasteiger charge is 2.13. The van der Waals surface area contributed by atoms with Crippen molar-refractivity contribution < 1.29 is 38.1 Å². The van der Waals surface area contributed by atoms with E-state index in [0.717, 1.165) is 0 Å². The fourth-order valence-corrected chi connectivity index (χ4v) is 3.36. The first-order valence-electron chi connectivity index (χ1n) is 15.2. The number of esters is 4. The van der Waals surface area contributed by atoms with Crippen molar-refractivity contribution in [2.45, 2.75) is 27.7 Å². The number of rotatable bonds is 5. The normalized spacial score (nSPS) is 9.00. The number of ether oxygens (including phenoxy) is 4. The fraction of sp³-hybridized carbons (Fsp3) is 0.0909. The van der Waals surface area contributed by atoms with E-state index >= 15 is 0 Å². The Kier molecular flexibility index (Phi) is 14.0. The highest BCUT2D eigenvalue weighted by atomic mass is 16.5. The Bertz CT molecular complexity index is 2330. The predicted octanol–water partition coefficient (Wildman–Crippen LogP) is 6.25. The maximum absolute atomic E-state index is 12.6. The van der Waals surface area contributed by atoms with Gasteiger partial charge in [-0.1, -0.05) is 50.0 Å². The fourth-order valence-electron chi connectivity index (χ4n) is 3.36. The van der Waals surface area contributed by atoms with Crippen LogP contribution in [-0.2, 0) is 33.4 Å². The smallest absolute Gasteiger partial charge is 0.347 e. The van der Waals surface area contributed by atoms with Crippen molar-refractivity contribution >= 4 is 23.9 Å². The number of hydrogen-bond acceptors (Lipinski definition) is 8. The molecule has 3 aromatic rings. The van der Waals surface area contributed by atoms with Gasteiger partial charge in [0.1, 0.15) is 24.1 Å². The minimum atomic E-state index is -0.702. The van der Waals surface area contributed by atoms with Crippen LogP contribution in [0, 0.1) is 59.8 Å². The van der Waals surface area contributed by atoms with E-state index in [1.807, 2.05) is 0 Å². The molecule has 0 aliphatic carbocycles. The van der Waals surface area contributed by atoms with Gasteiger partial charge in [0.2, 0.25) is 0 Å². The molecule has 8 nitrogen and oxygen atoms in total. The lowest BCUT2D eigenvalue weighted by Gasteiger charge is -2.09. The minimum Gasteiger partial charge on any atom is -0.422 e. The van der Waals surface area contributed by atoms with Gasteiger partial charge in [-0.15, -0.1) is 0 Å². The molecule has 3 rings (SSSR count). The minimum absolute atomic E-state index is 0.0889. The molecule has 0 aliphatic heterocycles. The van der Waals surface area contributed by atoms with Crippen LogP contribution in [0.1, 0.15) is 66.6 Å². The van der Waals surface area contributed by atoms with E-state index in [2.05, 4.69) is 86.1 Å². The Hall–Kier alpha value is -7.70. The summed E-state index contributed by atoms with van der Waals surface area (Å²) in [5, 5.41) is 0. The maximum atomic E-state index is 12.6. The molecule has 0 spiro atoms. The van der Waals surface area contributed by atoms with Crippen molar-refractivity contribution in [1.29, 1.82) is 0 Å². The topological polar surface area (TPSA) is 105 Å². The lowest BCUT2D eigenvalue weighted by molar-refractivity contribution is -0.133. The van der Waals surface area contributed by atoms with E-state index in [1.165, 1.54) is 33.8 Å². The van der Waals surface area contributed by atoms with Crippen molar-refractivity contribution in [3.05, 3.63) is 148 Å². The molecule has 0 radical (unpaired) electrons. The molecular weight excluding hydrogens is 656 g/mol. The van der Waals surface area contributed by atoms with Crippen LogP contribution >= 0.6 is 0 Å². The Balaban J connectivity index is 2.05. The number of benzene rings is 3. The van der Waals surface area contributed by atoms with Crippen molar-refractivity contribution in [3.8, 4) is 65.5 Å². The Labute approximate surface area is 302 Å². The lowest BCUT2D eigenvalue weighted by atomic mass is 10.0. The van der Waals surface area contributed by atoms with Gasteiger partial charge in [0.25, 0.3) is 0 Å². The summed E-state index contributed by atoms with van der Waals surface area (Å²) in [5.74, 6) is 17.8. The van der Waals surface area contributed by atoms with Gasteiger partial charge in [-0.2, -0.15) is 0 Å². The Morgan fingerprint density at radius 3 is 1.13 bits per heavy atom. The van der Waals surface area contributed by atoms with Crippen LogP contribution in [0.5, 0.6) is 5.75 Å². The number of carbonyl (C=O) groups is 4. The van der Waals surface area contributed by atoms with Gasteiger partial charge in [-0.05, 0) is 106 Å². The predicted molar refractivity (Wildman–Crippen MR) is 195 cm³/mol. The van der Waals surface area contributed by atoms with Crippen molar-refractivity contribution in [3.63, 3.8) is 0 Å². The largest absolute Gasteiger partial charge is 0.422 e. The molecule has 0 fully saturated rings. The van der Waals surface area contributed by atoms with Crippen LogP contribution in [0.3, 0.4) is 0 Å². The molecule has 8 heteroatoms. The molecular formula is C44H30O8. The highest BCUT2D eigenvalue weighted by Crippen LogP contribution is 2.24. The molecule has 0 saturated heterocycles. The van der Waals surface area contributed by atoms with Crippen molar-refractivity contribution in [2.75, 3.05) is 0 Å². The third-order valence-corrected chi connectivity index (χ3v) is 6.18. The zero-order valence-electron chi connectivity index (χ0n) is 28.9. The van der Waals surface area contributed by atoms with Gasteiger partial charge in [0.05, 0.1) is 5.56 Å². The van der Waals surface area contributed by atoms with E-state index in [-0.39, 0.29) is 33.6 Å². The molecule has 0 bridgehead atoms. The molecule has 0 saturated carbocycles. The highest BCUT2D eigenvalue weighted by molar-refractivity contribution is 5.90. The van der Waals surface area contributed by atoms with Gasteiger partial charge in [0, 0.05) is 55.7 Å². The molecule has 0 aliphatic rings. The van der Waals surface area contributed by atoms with Crippen LogP contribution in [0.15, 0.2) is 109 Å². The van der Waals surface area contributed by atoms with E-state index in [4.69, 9.17) is 18.9 Å². The summed E-state index contributed by atoms with van der Waals surface area (Å²) >= 11 is 0. The van der Waals surface area contributed by atoms with Gasteiger partial charge in [-0.3, -0.25) is 0 Å². The third kappa shape index (κ3) is 12.4. The lowest BCUT2D eigenvalue weighted by Crippen LogP contribution is -2.10. The van der Waals surface area contributed by atoms with Crippen molar-refractivity contribution in [2.24, 2.45) is 0 Å². The third-order valence-electron chi connectivity index (χ3n) is 6.18. The summed E-state index contributed by atoms with van der Waals surface area (Å²) in [6, 6.07) is 16.7. The van der Waals surface area contributed by atoms with Crippen molar-refractivity contribution in [1.82, 2.24) is 0 Å². The van der Waals surface area contributed by atoms with Crippen LogP contribution in [-0.4, -0.2) is 23.9 Å². The molecule has 0 amide bonds. The summed E-state index contributed by atoms with van der Waals surface area (Å²) in [7, 11) is 0. The molecule has 0 atom stereocenters. The molecule has 52 heavy (non-hydrogen) atoms. The standard InChI is InChI=1S/C44H30O8/c1-29(2)41(45)49-24-21-35-13-9-33(10-14-35)17-19-37-28-40(52-44(48)32(7)8)39(27-38(37)23-26-51-43(47)31(5)6)20-18-34-11-15-36(16-12-34)22-25-50-42(46)30(3)4/h9-16,27-28H,1,3,5,7H2,2,4,6,8H3. The monoisotopic (exact) mass is 686 g/mol. The molecule has 0 aromatic heterocycles. The molecule has 254 valence electrons. The van der Waals surface area contributed by atoms with Gasteiger partial charge in [0.15, 0.2) is 0 Å². The average Bonchev–Trinajstić information content (AvgIpc) is 3.11. The average molecular weight is 687 g/mol. The summed E-state index contributed by atoms with van der Waals surface area (Å²) in [5.41, 5.74) is 4.06. The quantitative estimate of drug-likeness (QED) is 0.102. The molecule has 0 unspecified atom stereocenters. The van der Waals surface area contributed by atoms with Crippen LogP contribution in [0.4, 0.5) is 0 Å². The van der Waals surface area contributed by atoms with E-state index in [1.54, 1.807) is 54.6 Å². The maximum Gasteiger partial charge on any atom is 0.347 e. The Morgan fingerprint density at radius 2 is 0.750 bits per heavy atom. The summed E-state index contributed by atoms with van der Waals surface area (Å²) in [6.07, 6.45) is 7.05. The summed E-state index contributed by atoms with van der Waals surface area (Å²) < 4.78 is 20.2. The van der Waals surface area contributed by atoms with Gasteiger partial charge >= 0.3 is 23.9 Å².